The summed E-state index contributed by atoms with van der Waals surface area (Å²) in [6.45, 7) is 1.96. The van der Waals surface area contributed by atoms with Crippen molar-refractivity contribution in [2.75, 3.05) is 7.11 Å². The van der Waals surface area contributed by atoms with Gasteiger partial charge in [0, 0.05) is 24.8 Å². The number of hydrogen-bond acceptors (Lipinski definition) is 3. The second-order valence-electron chi connectivity index (χ2n) is 4.19. The van der Waals surface area contributed by atoms with Crippen LogP contribution < -0.4 is 10.5 Å². The van der Waals surface area contributed by atoms with E-state index in [1.165, 1.54) is 0 Å². The standard InChI is InChI=1S/C13H17N3O.ClH/c1-9(14)10-4-11(6-13(5-10)17-3)12-7-15-16(2)8-12;/h4-9H,14H2,1-3H3;1H/t9-;/m1./s1. The maximum absolute atomic E-state index is 5.91. The molecule has 2 N–H and O–H groups in total. The maximum atomic E-state index is 5.91. The molecule has 1 aromatic heterocycles. The zero-order valence-electron chi connectivity index (χ0n) is 10.8. The average Bonchev–Trinajstić information content (AvgIpc) is 2.75. The van der Waals surface area contributed by atoms with Crippen LogP contribution in [-0.2, 0) is 7.05 Å². The van der Waals surface area contributed by atoms with E-state index in [1.807, 2.05) is 38.5 Å². The predicted molar refractivity (Wildman–Crippen MR) is 75.0 cm³/mol. The van der Waals surface area contributed by atoms with Crippen LogP contribution in [0.2, 0.25) is 0 Å². The Labute approximate surface area is 113 Å². The normalized spacial score (nSPS) is 11.8. The van der Waals surface area contributed by atoms with Gasteiger partial charge in [-0.05, 0) is 36.2 Å². The van der Waals surface area contributed by atoms with Crippen LogP contribution in [-0.4, -0.2) is 16.9 Å². The molecule has 2 aromatic rings. The molecule has 0 aliphatic carbocycles. The third-order valence-corrected chi connectivity index (χ3v) is 2.73. The van der Waals surface area contributed by atoms with E-state index < -0.39 is 0 Å². The van der Waals surface area contributed by atoms with E-state index >= 15 is 0 Å². The predicted octanol–water partition coefficient (Wildman–Crippen LogP) is 2.54. The molecule has 98 valence electrons. The van der Waals surface area contributed by atoms with Gasteiger partial charge in [0.25, 0.3) is 0 Å². The molecule has 0 fully saturated rings. The molecule has 18 heavy (non-hydrogen) atoms. The van der Waals surface area contributed by atoms with Crippen molar-refractivity contribution < 1.29 is 4.74 Å². The van der Waals surface area contributed by atoms with Gasteiger partial charge in [0.15, 0.2) is 0 Å². The number of rotatable bonds is 3. The van der Waals surface area contributed by atoms with Crippen molar-refractivity contribution in [3.8, 4) is 16.9 Å². The summed E-state index contributed by atoms with van der Waals surface area (Å²) >= 11 is 0. The Hall–Kier alpha value is -1.52. The van der Waals surface area contributed by atoms with Crippen molar-refractivity contribution in [2.24, 2.45) is 12.8 Å². The number of hydrogen-bond donors (Lipinski definition) is 1. The van der Waals surface area contributed by atoms with Crippen molar-refractivity contribution in [3.05, 3.63) is 36.2 Å². The molecule has 0 aliphatic rings. The molecule has 0 spiro atoms. The molecule has 1 aromatic carbocycles. The fourth-order valence-corrected chi connectivity index (χ4v) is 1.74. The van der Waals surface area contributed by atoms with Gasteiger partial charge in [-0.2, -0.15) is 5.10 Å². The summed E-state index contributed by atoms with van der Waals surface area (Å²) in [5.74, 6) is 0.818. The quantitative estimate of drug-likeness (QED) is 0.930. The van der Waals surface area contributed by atoms with Gasteiger partial charge in [-0.15, -0.1) is 12.4 Å². The van der Waals surface area contributed by atoms with E-state index in [9.17, 15) is 0 Å². The summed E-state index contributed by atoms with van der Waals surface area (Å²) in [5.41, 5.74) is 9.11. The van der Waals surface area contributed by atoms with Crippen LogP contribution in [0.25, 0.3) is 11.1 Å². The summed E-state index contributed by atoms with van der Waals surface area (Å²) in [6.07, 6.45) is 3.81. The third-order valence-electron chi connectivity index (χ3n) is 2.73. The molecular weight excluding hydrogens is 250 g/mol. The number of halogens is 1. The first-order valence-corrected chi connectivity index (χ1v) is 5.53. The highest BCUT2D eigenvalue weighted by molar-refractivity contribution is 5.85. The van der Waals surface area contributed by atoms with Crippen LogP contribution >= 0.6 is 12.4 Å². The molecule has 0 radical (unpaired) electrons. The number of methoxy groups -OCH3 is 1. The van der Waals surface area contributed by atoms with Gasteiger partial charge in [-0.1, -0.05) is 0 Å². The topological polar surface area (TPSA) is 53.1 Å². The first-order valence-electron chi connectivity index (χ1n) is 5.53. The largest absolute Gasteiger partial charge is 0.497 e. The van der Waals surface area contributed by atoms with Gasteiger partial charge in [0.2, 0.25) is 0 Å². The van der Waals surface area contributed by atoms with Gasteiger partial charge in [0.1, 0.15) is 5.75 Å². The Morgan fingerprint density at radius 3 is 2.50 bits per heavy atom. The van der Waals surface area contributed by atoms with E-state index in [-0.39, 0.29) is 18.4 Å². The van der Waals surface area contributed by atoms with E-state index in [0.717, 1.165) is 22.4 Å². The second kappa shape index (κ2) is 5.89. The molecule has 0 saturated heterocycles. The fourth-order valence-electron chi connectivity index (χ4n) is 1.74. The Kier molecular flexibility index (Phi) is 4.76. The van der Waals surface area contributed by atoms with Crippen LogP contribution in [0.1, 0.15) is 18.5 Å². The highest BCUT2D eigenvalue weighted by Gasteiger charge is 2.07. The smallest absolute Gasteiger partial charge is 0.119 e. The molecule has 1 atom stereocenters. The Morgan fingerprint density at radius 2 is 2.00 bits per heavy atom. The number of ether oxygens (including phenoxy) is 1. The molecule has 0 saturated carbocycles. The summed E-state index contributed by atoms with van der Waals surface area (Å²) in [4.78, 5) is 0. The van der Waals surface area contributed by atoms with Crippen molar-refractivity contribution >= 4 is 12.4 Å². The second-order valence-corrected chi connectivity index (χ2v) is 4.19. The maximum Gasteiger partial charge on any atom is 0.119 e. The van der Waals surface area contributed by atoms with Crippen LogP contribution in [0.5, 0.6) is 5.75 Å². The number of aryl methyl sites for hydroxylation is 1. The Balaban J connectivity index is 0.00000162. The van der Waals surface area contributed by atoms with E-state index in [1.54, 1.807) is 11.8 Å². The molecule has 4 nitrogen and oxygen atoms in total. The number of benzene rings is 1. The minimum absolute atomic E-state index is 0. The molecule has 2 rings (SSSR count). The fraction of sp³-hybridized carbons (Fsp3) is 0.308. The zero-order valence-corrected chi connectivity index (χ0v) is 11.6. The Morgan fingerprint density at radius 1 is 1.28 bits per heavy atom. The van der Waals surface area contributed by atoms with Crippen molar-refractivity contribution in [1.29, 1.82) is 0 Å². The monoisotopic (exact) mass is 267 g/mol. The van der Waals surface area contributed by atoms with E-state index in [0.29, 0.717) is 0 Å². The van der Waals surface area contributed by atoms with Crippen LogP contribution in [0.15, 0.2) is 30.6 Å². The lowest BCUT2D eigenvalue weighted by atomic mass is 10.0. The van der Waals surface area contributed by atoms with Gasteiger partial charge >= 0.3 is 0 Å². The minimum Gasteiger partial charge on any atom is -0.497 e. The third kappa shape index (κ3) is 3.03. The molecule has 5 heteroatoms. The summed E-state index contributed by atoms with van der Waals surface area (Å²) in [5, 5.41) is 4.17. The lowest BCUT2D eigenvalue weighted by Crippen LogP contribution is -2.05. The van der Waals surface area contributed by atoms with Gasteiger partial charge in [-0.25, -0.2) is 0 Å². The Bertz CT molecular complexity index is 523. The SMILES string of the molecule is COc1cc(-c2cnn(C)c2)cc([C@@H](C)N)c1.Cl. The van der Waals surface area contributed by atoms with Crippen molar-refractivity contribution in [1.82, 2.24) is 9.78 Å². The lowest BCUT2D eigenvalue weighted by molar-refractivity contribution is 0.414. The zero-order chi connectivity index (χ0) is 12.4. The molecule has 0 unspecified atom stereocenters. The lowest BCUT2D eigenvalue weighted by Gasteiger charge is -2.10. The molecular formula is C13H18ClN3O. The van der Waals surface area contributed by atoms with Crippen LogP contribution in [0.4, 0.5) is 0 Å². The van der Waals surface area contributed by atoms with E-state index in [4.69, 9.17) is 10.5 Å². The van der Waals surface area contributed by atoms with E-state index in [2.05, 4.69) is 11.2 Å². The first-order chi connectivity index (χ1) is 8.10. The van der Waals surface area contributed by atoms with Crippen LogP contribution in [0, 0.1) is 0 Å². The highest BCUT2D eigenvalue weighted by atomic mass is 35.5. The summed E-state index contributed by atoms with van der Waals surface area (Å²) in [6, 6.07) is 6.01. The molecule has 0 aliphatic heterocycles. The minimum atomic E-state index is -0.0134. The van der Waals surface area contributed by atoms with Gasteiger partial charge in [0.05, 0.1) is 13.3 Å². The first kappa shape index (κ1) is 14.5. The molecule has 0 amide bonds. The summed E-state index contributed by atoms with van der Waals surface area (Å²) < 4.78 is 7.07. The molecule has 1 heterocycles. The summed E-state index contributed by atoms with van der Waals surface area (Å²) in [7, 11) is 3.56. The van der Waals surface area contributed by atoms with Crippen molar-refractivity contribution in [2.45, 2.75) is 13.0 Å². The number of nitrogens with two attached hydrogens (primary N) is 1. The average molecular weight is 268 g/mol. The molecule has 0 bridgehead atoms. The van der Waals surface area contributed by atoms with Gasteiger partial charge in [-0.3, -0.25) is 4.68 Å². The van der Waals surface area contributed by atoms with Crippen molar-refractivity contribution in [3.63, 3.8) is 0 Å². The van der Waals surface area contributed by atoms with Gasteiger partial charge < -0.3 is 10.5 Å². The van der Waals surface area contributed by atoms with Crippen LogP contribution in [0.3, 0.4) is 0 Å². The number of aromatic nitrogens is 2. The number of nitrogens with zero attached hydrogens (tertiary/aromatic N) is 2. The highest BCUT2D eigenvalue weighted by Crippen LogP contribution is 2.27.